The van der Waals surface area contributed by atoms with Crippen LogP contribution in [0.4, 0.5) is 5.69 Å². The highest BCUT2D eigenvalue weighted by Crippen LogP contribution is 2.22. The molecule has 0 bridgehead atoms. The Kier molecular flexibility index (Phi) is 3.33. The van der Waals surface area contributed by atoms with Gasteiger partial charge in [-0.25, -0.2) is 0 Å². The maximum atomic E-state index is 11.8. The van der Waals surface area contributed by atoms with Gasteiger partial charge in [-0.2, -0.15) is 0 Å². The molecule has 0 aliphatic rings. The number of benzene rings is 1. The first-order valence-corrected chi connectivity index (χ1v) is 6.07. The molecule has 3 nitrogen and oxygen atoms in total. The molecule has 1 aromatic heterocycles. The second kappa shape index (κ2) is 4.75. The predicted molar refractivity (Wildman–Crippen MR) is 73.1 cm³/mol. The van der Waals surface area contributed by atoms with Crippen molar-refractivity contribution in [2.24, 2.45) is 0 Å². The highest BCUT2D eigenvalue weighted by atomic mass is 79.9. The van der Waals surface area contributed by atoms with E-state index in [4.69, 9.17) is 5.73 Å². The van der Waals surface area contributed by atoms with Gasteiger partial charge in [-0.1, -0.05) is 22.0 Å². The summed E-state index contributed by atoms with van der Waals surface area (Å²) in [6, 6.07) is 9.16. The first-order valence-electron chi connectivity index (χ1n) is 5.28. The van der Waals surface area contributed by atoms with E-state index >= 15 is 0 Å². The standard InChI is InChI=1S/C13H13BrN2O/c1-9-5-6-16(13(17)7-9)8-10-11(14)3-2-4-12(10)15/h2-7H,8,15H2,1H3. The molecule has 0 fully saturated rings. The first-order chi connectivity index (χ1) is 8.08. The number of hydrogen-bond donors (Lipinski definition) is 1. The number of nitrogens with two attached hydrogens (primary N) is 1. The second-order valence-electron chi connectivity index (χ2n) is 3.98. The molecule has 2 N–H and O–H groups in total. The fourth-order valence-corrected chi connectivity index (χ4v) is 2.16. The van der Waals surface area contributed by atoms with Crippen molar-refractivity contribution in [3.05, 3.63) is 62.5 Å². The van der Waals surface area contributed by atoms with E-state index in [0.29, 0.717) is 12.2 Å². The molecule has 1 heterocycles. The largest absolute Gasteiger partial charge is 0.398 e. The molecule has 0 amide bonds. The van der Waals surface area contributed by atoms with E-state index in [0.717, 1.165) is 15.6 Å². The average Bonchev–Trinajstić information content (AvgIpc) is 2.26. The number of nitrogens with zero attached hydrogens (tertiary/aromatic N) is 1. The molecule has 0 saturated heterocycles. The van der Waals surface area contributed by atoms with E-state index in [-0.39, 0.29) is 5.56 Å². The second-order valence-corrected chi connectivity index (χ2v) is 4.83. The Bertz CT molecular complexity index is 584. The van der Waals surface area contributed by atoms with Crippen molar-refractivity contribution in [2.75, 3.05) is 5.73 Å². The summed E-state index contributed by atoms with van der Waals surface area (Å²) in [5.41, 5.74) is 8.47. The van der Waals surface area contributed by atoms with Crippen molar-refractivity contribution in [1.82, 2.24) is 4.57 Å². The van der Waals surface area contributed by atoms with Crippen LogP contribution in [0.2, 0.25) is 0 Å². The minimum Gasteiger partial charge on any atom is -0.398 e. The number of rotatable bonds is 2. The minimum atomic E-state index is -0.0137. The fourth-order valence-electron chi connectivity index (χ4n) is 1.65. The minimum absolute atomic E-state index is 0.0137. The number of aromatic nitrogens is 1. The summed E-state index contributed by atoms with van der Waals surface area (Å²) in [7, 11) is 0. The van der Waals surface area contributed by atoms with Crippen LogP contribution in [-0.2, 0) is 6.54 Å². The van der Waals surface area contributed by atoms with Crippen molar-refractivity contribution in [1.29, 1.82) is 0 Å². The molecule has 2 aromatic rings. The number of nitrogen functional groups attached to an aromatic ring is 1. The van der Waals surface area contributed by atoms with Gasteiger partial charge in [0.1, 0.15) is 0 Å². The summed E-state index contributed by atoms with van der Waals surface area (Å²) >= 11 is 3.45. The van der Waals surface area contributed by atoms with E-state index in [1.807, 2.05) is 31.2 Å². The molecule has 1 aromatic carbocycles. The van der Waals surface area contributed by atoms with Crippen molar-refractivity contribution in [3.8, 4) is 0 Å². The maximum Gasteiger partial charge on any atom is 0.251 e. The molecule has 0 aliphatic heterocycles. The average molecular weight is 293 g/mol. The van der Waals surface area contributed by atoms with Crippen LogP contribution in [-0.4, -0.2) is 4.57 Å². The Morgan fingerprint density at radius 1 is 1.35 bits per heavy atom. The van der Waals surface area contributed by atoms with Gasteiger partial charge in [-0.15, -0.1) is 0 Å². The van der Waals surface area contributed by atoms with Crippen LogP contribution in [0.15, 0.2) is 45.8 Å². The maximum absolute atomic E-state index is 11.8. The van der Waals surface area contributed by atoms with Crippen LogP contribution in [0, 0.1) is 6.92 Å². The lowest BCUT2D eigenvalue weighted by Gasteiger charge is -2.10. The van der Waals surface area contributed by atoms with Crippen LogP contribution in [0.25, 0.3) is 0 Å². The predicted octanol–water partition coefficient (Wildman–Crippen LogP) is 2.55. The number of halogens is 1. The summed E-state index contributed by atoms with van der Waals surface area (Å²) in [5.74, 6) is 0. The van der Waals surface area contributed by atoms with Crippen LogP contribution in [0.5, 0.6) is 0 Å². The fraction of sp³-hybridized carbons (Fsp3) is 0.154. The highest BCUT2D eigenvalue weighted by molar-refractivity contribution is 9.10. The van der Waals surface area contributed by atoms with E-state index in [1.165, 1.54) is 0 Å². The van der Waals surface area contributed by atoms with E-state index in [2.05, 4.69) is 15.9 Å². The van der Waals surface area contributed by atoms with E-state index in [1.54, 1.807) is 16.8 Å². The third-order valence-corrected chi connectivity index (χ3v) is 3.38. The van der Waals surface area contributed by atoms with Gasteiger partial charge in [-0.3, -0.25) is 4.79 Å². The smallest absolute Gasteiger partial charge is 0.251 e. The SMILES string of the molecule is Cc1ccn(Cc2c(N)cccc2Br)c(=O)c1. The summed E-state index contributed by atoms with van der Waals surface area (Å²) in [6.07, 6.45) is 1.79. The number of hydrogen-bond acceptors (Lipinski definition) is 2. The molecule has 17 heavy (non-hydrogen) atoms. The first kappa shape index (κ1) is 11.9. The van der Waals surface area contributed by atoms with Gasteiger partial charge in [0.05, 0.1) is 6.54 Å². The van der Waals surface area contributed by atoms with Crippen LogP contribution in [0.1, 0.15) is 11.1 Å². The topological polar surface area (TPSA) is 48.0 Å². The van der Waals surface area contributed by atoms with Gasteiger partial charge in [0, 0.05) is 28.0 Å². The van der Waals surface area contributed by atoms with Gasteiger partial charge in [-0.05, 0) is 30.7 Å². The molecule has 0 spiro atoms. The molecule has 0 radical (unpaired) electrons. The van der Waals surface area contributed by atoms with Crippen molar-refractivity contribution < 1.29 is 0 Å². The Morgan fingerprint density at radius 3 is 2.76 bits per heavy atom. The molecule has 0 unspecified atom stereocenters. The zero-order valence-corrected chi connectivity index (χ0v) is 11.1. The van der Waals surface area contributed by atoms with Gasteiger partial charge < -0.3 is 10.3 Å². The Morgan fingerprint density at radius 2 is 2.12 bits per heavy atom. The van der Waals surface area contributed by atoms with Gasteiger partial charge in [0.2, 0.25) is 0 Å². The zero-order valence-electron chi connectivity index (χ0n) is 9.48. The monoisotopic (exact) mass is 292 g/mol. The molecule has 0 saturated carbocycles. The van der Waals surface area contributed by atoms with Gasteiger partial charge >= 0.3 is 0 Å². The van der Waals surface area contributed by atoms with Crippen LogP contribution >= 0.6 is 15.9 Å². The lowest BCUT2D eigenvalue weighted by atomic mass is 10.2. The molecule has 4 heteroatoms. The third kappa shape index (κ3) is 2.58. The zero-order chi connectivity index (χ0) is 12.4. The summed E-state index contributed by atoms with van der Waals surface area (Å²) < 4.78 is 2.56. The molecular weight excluding hydrogens is 280 g/mol. The third-order valence-electron chi connectivity index (χ3n) is 2.64. The Hall–Kier alpha value is -1.55. The van der Waals surface area contributed by atoms with E-state index < -0.39 is 0 Å². The van der Waals surface area contributed by atoms with Gasteiger partial charge in [0.25, 0.3) is 5.56 Å². The van der Waals surface area contributed by atoms with E-state index in [9.17, 15) is 4.79 Å². The van der Waals surface area contributed by atoms with Crippen molar-refractivity contribution in [3.63, 3.8) is 0 Å². The van der Waals surface area contributed by atoms with Crippen LogP contribution < -0.4 is 11.3 Å². The van der Waals surface area contributed by atoms with Crippen molar-refractivity contribution in [2.45, 2.75) is 13.5 Å². The van der Waals surface area contributed by atoms with Gasteiger partial charge in [0.15, 0.2) is 0 Å². The number of anilines is 1. The quantitative estimate of drug-likeness (QED) is 0.865. The molecular formula is C13H13BrN2O. The Labute approximate surface area is 108 Å². The molecule has 2 rings (SSSR count). The highest BCUT2D eigenvalue weighted by Gasteiger charge is 2.05. The van der Waals surface area contributed by atoms with Crippen molar-refractivity contribution >= 4 is 21.6 Å². The lowest BCUT2D eigenvalue weighted by Crippen LogP contribution is -2.20. The summed E-state index contributed by atoms with van der Waals surface area (Å²) in [5, 5.41) is 0. The van der Waals surface area contributed by atoms with Crippen LogP contribution in [0.3, 0.4) is 0 Å². The Balaban J connectivity index is 2.42. The molecule has 0 atom stereocenters. The molecule has 0 aliphatic carbocycles. The normalized spacial score (nSPS) is 10.5. The number of aryl methyl sites for hydroxylation is 1. The summed E-state index contributed by atoms with van der Waals surface area (Å²) in [4.78, 5) is 11.8. The number of pyridine rings is 1. The lowest BCUT2D eigenvalue weighted by molar-refractivity contribution is 0.756. The molecule has 88 valence electrons. The summed E-state index contributed by atoms with van der Waals surface area (Å²) in [6.45, 7) is 2.38.